The molecular weight excluding hydrogens is 416 g/mol. The quantitative estimate of drug-likeness (QED) is 0.425. The van der Waals surface area contributed by atoms with E-state index in [-0.39, 0.29) is 18.5 Å². The summed E-state index contributed by atoms with van der Waals surface area (Å²) < 4.78 is 33.7. The number of cyclic esters (lactones) is 1. The standard InChI is InChI=1S/C24H32O8/c1-15-8-6-10-18(25)22-19(31-24(2,3)32-22)11-7-9-16-12-17(28-5)13-20(29-14-27-4)21(16)23(26)30-15/h6-7,9-10,12-13,15,18-19,22,25H,8,11,14H2,1-5H3/b9-7?,10-6-/t15-,18?,19-,22+/m0/s1. The molecule has 0 aliphatic carbocycles. The van der Waals surface area contributed by atoms with Crippen LogP contribution >= 0.6 is 0 Å². The van der Waals surface area contributed by atoms with Crippen molar-refractivity contribution >= 4 is 12.0 Å². The number of fused-ring (bicyclic) bond motifs is 2. The van der Waals surface area contributed by atoms with Gasteiger partial charge in [-0.05, 0) is 38.8 Å². The maximum absolute atomic E-state index is 13.1. The Hall–Kier alpha value is -2.39. The minimum Gasteiger partial charge on any atom is -0.497 e. The largest absolute Gasteiger partial charge is 0.497 e. The molecule has 2 aliphatic heterocycles. The molecule has 4 atom stereocenters. The minimum absolute atomic E-state index is 0.0310. The summed E-state index contributed by atoms with van der Waals surface area (Å²) in [7, 11) is 3.04. The van der Waals surface area contributed by atoms with E-state index in [4.69, 9.17) is 28.4 Å². The van der Waals surface area contributed by atoms with Crippen LogP contribution in [0.15, 0.2) is 30.4 Å². The van der Waals surface area contributed by atoms with E-state index in [1.165, 1.54) is 7.11 Å². The van der Waals surface area contributed by atoms with Crippen LogP contribution in [0.4, 0.5) is 0 Å². The van der Waals surface area contributed by atoms with E-state index in [0.29, 0.717) is 29.9 Å². The summed E-state index contributed by atoms with van der Waals surface area (Å²) in [5.41, 5.74) is 0.864. The second-order valence-electron chi connectivity index (χ2n) is 8.29. The second-order valence-corrected chi connectivity index (χ2v) is 8.29. The monoisotopic (exact) mass is 448 g/mol. The average molecular weight is 449 g/mol. The summed E-state index contributed by atoms with van der Waals surface area (Å²) in [5, 5.41) is 10.6. The van der Waals surface area contributed by atoms with Gasteiger partial charge in [-0.15, -0.1) is 0 Å². The predicted molar refractivity (Wildman–Crippen MR) is 118 cm³/mol. The Morgan fingerprint density at radius 2 is 1.94 bits per heavy atom. The number of aliphatic hydroxyl groups excluding tert-OH is 1. The zero-order valence-electron chi connectivity index (χ0n) is 19.2. The highest BCUT2D eigenvalue weighted by Gasteiger charge is 2.43. The number of carbonyl (C=O) groups excluding carboxylic acids is 1. The molecule has 1 saturated heterocycles. The van der Waals surface area contributed by atoms with Crippen LogP contribution in [0.5, 0.6) is 11.5 Å². The zero-order valence-corrected chi connectivity index (χ0v) is 19.2. The third-order valence-electron chi connectivity index (χ3n) is 5.21. The van der Waals surface area contributed by atoms with Crippen molar-refractivity contribution in [2.45, 2.75) is 63.8 Å². The maximum atomic E-state index is 13.1. The fraction of sp³-hybridized carbons (Fsp3) is 0.542. The number of methoxy groups -OCH3 is 2. The van der Waals surface area contributed by atoms with E-state index in [1.54, 1.807) is 44.4 Å². The molecule has 0 bridgehead atoms. The van der Waals surface area contributed by atoms with Gasteiger partial charge in [0, 0.05) is 19.6 Å². The molecule has 8 nitrogen and oxygen atoms in total. The lowest BCUT2D eigenvalue weighted by Gasteiger charge is -2.20. The molecule has 176 valence electrons. The van der Waals surface area contributed by atoms with E-state index >= 15 is 0 Å². The molecular formula is C24H32O8. The lowest BCUT2D eigenvalue weighted by molar-refractivity contribution is -0.152. The number of aliphatic hydroxyl groups is 1. The first kappa shape index (κ1) is 24.3. The number of esters is 1. The van der Waals surface area contributed by atoms with Crippen LogP contribution in [0.25, 0.3) is 6.08 Å². The van der Waals surface area contributed by atoms with Gasteiger partial charge in [-0.1, -0.05) is 24.3 Å². The SMILES string of the molecule is COCOc1cc(OC)cc2c1C(=O)O[C@@H](C)C/C=C\C(O)[C@H]1OC(C)(C)O[C@H]1CC=C2. The van der Waals surface area contributed by atoms with Crippen LogP contribution in [0.2, 0.25) is 0 Å². The van der Waals surface area contributed by atoms with Crippen molar-refractivity contribution < 1.29 is 38.3 Å². The Kier molecular flexibility index (Phi) is 7.95. The maximum Gasteiger partial charge on any atom is 0.342 e. The van der Waals surface area contributed by atoms with Gasteiger partial charge in [0.1, 0.15) is 35.4 Å². The highest BCUT2D eigenvalue weighted by atomic mass is 16.8. The normalized spacial score (nSPS) is 28.8. The zero-order chi connectivity index (χ0) is 23.3. The van der Waals surface area contributed by atoms with Gasteiger partial charge in [-0.2, -0.15) is 0 Å². The van der Waals surface area contributed by atoms with Gasteiger partial charge in [-0.3, -0.25) is 0 Å². The Morgan fingerprint density at radius 3 is 2.66 bits per heavy atom. The van der Waals surface area contributed by atoms with Gasteiger partial charge < -0.3 is 33.5 Å². The second kappa shape index (κ2) is 10.5. The highest BCUT2D eigenvalue weighted by molar-refractivity contribution is 5.97. The van der Waals surface area contributed by atoms with E-state index in [1.807, 2.05) is 19.9 Å². The van der Waals surface area contributed by atoms with Crippen molar-refractivity contribution in [2.75, 3.05) is 21.0 Å². The summed E-state index contributed by atoms with van der Waals surface area (Å²) in [6, 6.07) is 3.37. The Balaban J connectivity index is 2.02. The number of rotatable bonds is 4. The summed E-state index contributed by atoms with van der Waals surface area (Å²) >= 11 is 0. The molecule has 3 rings (SSSR count). The molecule has 8 heteroatoms. The van der Waals surface area contributed by atoms with Crippen molar-refractivity contribution in [3.63, 3.8) is 0 Å². The van der Waals surface area contributed by atoms with Crippen LogP contribution in [0.1, 0.15) is 49.5 Å². The van der Waals surface area contributed by atoms with E-state index in [0.717, 1.165) is 0 Å². The Morgan fingerprint density at radius 1 is 1.16 bits per heavy atom. The third kappa shape index (κ3) is 5.89. The van der Waals surface area contributed by atoms with Gasteiger partial charge in [0.2, 0.25) is 0 Å². The number of ether oxygens (including phenoxy) is 6. The molecule has 1 aromatic rings. The molecule has 2 heterocycles. The summed E-state index contributed by atoms with van der Waals surface area (Å²) in [4.78, 5) is 13.1. The molecule has 0 amide bonds. The summed E-state index contributed by atoms with van der Waals surface area (Å²) in [6.45, 7) is 5.40. The van der Waals surface area contributed by atoms with Crippen molar-refractivity contribution in [1.82, 2.24) is 0 Å². The molecule has 0 saturated carbocycles. The molecule has 32 heavy (non-hydrogen) atoms. The fourth-order valence-corrected chi connectivity index (χ4v) is 3.79. The fourth-order valence-electron chi connectivity index (χ4n) is 3.79. The van der Waals surface area contributed by atoms with Crippen molar-refractivity contribution in [2.24, 2.45) is 0 Å². The van der Waals surface area contributed by atoms with Gasteiger partial charge >= 0.3 is 5.97 Å². The molecule has 0 aromatic heterocycles. The number of carbonyl (C=O) groups is 1. The number of hydrogen-bond donors (Lipinski definition) is 1. The van der Waals surface area contributed by atoms with Gasteiger partial charge in [0.25, 0.3) is 0 Å². The van der Waals surface area contributed by atoms with Gasteiger partial charge in [0.15, 0.2) is 12.6 Å². The van der Waals surface area contributed by atoms with Crippen LogP contribution in [0, 0.1) is 0 Å². The molecule has 1 fully saturated rings. The minimum atomic E-state index is -0.845. The molecule has 1 aromatic carbocycles. The number of hydrogen-bond acceptors (Lipinski definition) is 8. The van der Waals surface area contributed by atoms with Crippen LogP contribution in [-0.2, 0) is 18.9 Å². The Bertz CT molecular complexity index is 860. The van der Waals surface area contributed by atoms with Gasteiger partial charge in [0.05, 0.1) is 13.2 Å². The molecule has 2 aliphatic rings. The van der Waals surface area contributed by atoms with Crippen LogP contribution in [-0.4, -0.2) is 62.3 Å². The van der Waals surface area contributed by atoms with E-state index in [2.05, 4.69) is 0 Å². The van der Waals surface area contributed by atoms with Crippen molar-refractivity contribution in [3.8, 4) is 11.5 Å². The van der Waals surface area contributed by atoms with Crippen LogP contribution in [0.3, 0.4) is 0 Å². The summed E-state index contributed by atoms with van der Waals surface area (Å²) in [5.74, 6) is -0.489. The lowest BCUT2D eigenvalue weighted by Crippen LogP contribution is -2.34. The van der Waals surface area contributed by atoms with E-state index in [9.17, 15) is 9.90 Å². The highest BCUT2D eigenvalue weighted by Crippen LogP contribution is 2.34. The van der Waals surface area contributed by atoms with Crippen molar-refractivity contribution in [3.05, 3.63) is 41.5 Å². The first-order chi connectivity index (χ1) is 15.2. The third-order valence-corrected chi connectivity index (χ3v) is 5.21. The topological polar surface area (TPSA) is 92.7 Å². The predicted octanol–water partition coefficient (Wildman–Crippen LogP) is 3.47. The molecule has 0 spiro atoms. The van der Waals surface area contributed by atoms with Crippen LogP contribution < -0.4 is 9.47 Å². The lowest BCUT2D eigenvalue weighted by atomic mass is 10.0. The van der Waals surface area contributed by atoms with E-state index < -0.39 is 30.1 Å². The first-order valence-corrected chi connectivity index (χ1v) is 10.7. The van der Waals surface area contributed by atoms with Gasteiger partial charge in [-0.25, -0.2) is 4.79 Å². The molecule has 1 unspecified atom stereocenters. The first-order valence-electron chi connectivity index (χ1n) is 10.7. The average Bonchev–Trinajstić information content (AvgIpc) is 3.05. The molecule has 1 N–H and O–H groups in total. The van der Waals surface area contributed by atoms with Crippen molar-refractivity contribution in [1.29, 1.82) is 0 Å². The Labute approximate surface area is 188 Å². The number of benzene rings is 1. The smallest absolute Gasteiger partial charge is 0.342 e. The molecule has 0 radical (unpaired) electrons. The summed E-state index contributed by atoms with van der Waals surface area (Å²) in [6.07, 6.45) is 5.88.